The molecule has 2 amide bonds. The molecule has 0 bridgehead atoms. The Morgan fingerprint density at radius 1 is 1.17 bits per heavy atom. The van der Waals surface area contributed by atoms with Crippen LogP contribution in [0.5, 0.6) is 0 Å². The summed E-state index contributed by atoms with van der Waals surface area (Å²) >= 11 is 0. The van der Waals surface area contributed by atoms with E-state index in [1.807, 2.05) is 30.9 Å². The number of likely N-dealkylation sites (tertiary alicyclic amines) is 1. The molecule has 0 spiro atoms. The van der Waals surface area contributed by atoms with Crippen LogP contribution in [0.15, 0.2) is 18.2 Å². The zero-order chi connectivity index (χ0) is 16.4. The van der Waals surface area contributed by atoms with E-state index in [4.69, 9.17) is 0 Å². The van der Waals surface area contributed by atoms with E-state index in [2.05, 4.69) is 16.7 Å². The summed E-state index contributed by atoms with van der Waals surface area (Å²) < 4.78 is 0. The highest BCUT2D eigenvalue weighted by Crippen LogP contribution is 2.20. The Morgan fingerprint density at radius 3 is 2.57 bits per heavy atom. The summed E-state index contributed by atoms with van der Waals surface area (Å²) in [6.45, 7) is 6.95. The molecule has 2 heterocycles. The third-order valence-electron chi connectivity index (χ3n) is 4.74. The van der Waals surface area contributed by atoms with Gasteiger partial charge in [-0.1, -0.05) is 19.9 Å². The molecule has 23 heavy (non-hydrogen) atoms. The predicted molar refractivity (Wildman–Crippen MR) is 88.9 cm³/mol. The summed E-state index contributed by atoms with van der Waals surface area (Å²) in [5, 5.41) is 6.37. The van der Waals surface area contributed by atoms with E-state index in [1.165, 1.54) is 11.1 Å². The third-order valence-corrected chi connectivity index (χ3v) is 4.74. The Bertz CT molecular complexity index is 604. The van der Waals surface area contributed by atoms with Gasteiger partial charge in [-0.25, -0.2) is 0 Å². The summed E-state index contributed by atoms with van der Waals surface area (Å²) in [6.07, 6.45) is 1.66. The fourth-order valence-corrected chi connectivity index (χ4v) is 3.21. The maximum atomic E-state index is 12.7. The topological polar surface area (TPSA) is 61.4 Å². The van der Waals surface area contributed by atoms with Crippen LogP contribution in [0.3, 0.4) is 0 Å². The average molecular weight is 315 g/mol. The summed E-state index contributed by atoms with van der Waals surface area (Å²) in [5.74, 6) is 0.212. The number of amides is 2. The van der Waals surface area contributed by atoms with Gasteiger partial charge < -0.3 is 15.5 Å². The van der Waals surface area contributed by atoms with Crippen molar-refractivity contribution < 1.29 is 9.59 Å². The van der Waals surface area contributed by atoms with Crippen molar-refractivity contribution in [2.45, 2.75) is 45.8 Å². The number of carbonyl (C=O) groups excluding carboxylic acids is 2. The molecule has 2 N–H and O–H groups in total. The van der Waals surface area contributed by atoms with E-state index in [9.17, 15) is 9.59 Å². The van der Waals surface area contributed by atoms with Crippen LogP contribution in [-0.2, 0) is 17.9 Å². The molecule has 5 nitrogen and oxygen atoms in total. The molecule has 2 aliphatic rings. The summed E-state index contributed by atoms with van der Waals surface area (Å²) in [4.78, 5) is 26.3. The fraction of sp³-hybridized carbons (Fsp3) is 0.556. The van der Waals surface area contributed by atoms with E-state index < -0.39 is 0 Å². The number of nitrogens with one attached hydrogen (secondary N) is 2. The number of nitrogens with zero attached hydrogens (tertiary/aromatic N) is 1. The van der Waals surface area contributed by atoms with Gasteiger partial charge in [-0.05, 0) is 36.1 Å². The van der Waals surface area contributed by atoms with Crippen molar-refractivity contribution in [3.63, 3.8) is 0 Å². The monoisotopic (exact) mass is 315 g/mol. The fourth-order valence-electron chi connectivity index (χ4n) is 3.21. The van der Waals surface area contributed by atoms with Gasteiger partial charge in [-0.15, -0.1) is 0 Å². The van der Waals surface area contributed by atoms with Crippen molar-refractivity contribution in [3.05, 3.63) is 34.9 Å². The third kappa shape index (κ3) is 3.55. The lowest BCUT2D eigenvalue weighted by molar-refractivity contribution is -0.124. The number of fused-ring (bicyclic) bond motifs is 1. The number of piperidine rings is 1. The first-order valence-corrected chi connectivity index (χ1v) is 8.47. The first-order valence-electron chi connectivity index (χ1n) is 8.47. The second kappa shape index (κ2) is 6.71. The number of carbonyl (C=O) groups is 2. The van der Waals surface area contributed by atoms with Crippen LogP contribution in [-0.4, -0.2) is 35.8 Å². The van der Waals surface area contributed by atoms with E-state index in [0.29, 0.717) is 13.1 Å². The van der Waals surface area contributed by atoms with E-state index in [1.54, 1.807) is 0 Å². The van der Waals surface area contributed by atoms with Gasteiger partial charge in [0.15, 0.2) is 0 Å². The van der Waals surface area contributed by atoms with Gasteiger partial charge in [-0.3, -0.25) is 9.59 Å². The SMILES string of the molecule is CC(C)C(=O)NC1CCN(C(=O)c2ccc3c(c2)CNC3)CC1. The van der Waals surface area contributed by atoms with Crippen LogP contribution >= 0.6 is 0 Å². The molecule has 0 atom stereocenters. The number of benzene rings is 1. The molecular formula is C18H25N3O2. The maximum Gasteiger partial charge on any atom is 0.253 e. The van der Waals surface area contributed by atoms with Crippen molar-refractivity contribution in [1.82, 2.24) is 15.5 Å². The zero-order valence-electron chi connectivity index (χ0n) is 13.9. The minimum absolute atomic E-state index is 0.00897. The number of rotatable bonds is 3. The molecule has 1 aromatic rings. The Balaban J connectivity index is 1.57. The van der Waals surface area contributed by atoms with Gasteiger partial charge in [-0.2, -0.15) is 0 Å². The summed E-state index contributed by atoms with van der Waals surface area (Å²) in [5.41, 5.74) is 3.30. The van der Waals surface area contributed by atoms with Gasteiger partial charge in [0.05, 0.1) is 0 Å². The van der Waals surface area contributed by atoms with Crippen molar-refractivity contribution >= 4 is 11.8 Å². The lowest BCUT2D eigenvalue weighted by Gasteiger charge is -2.33. The van der Waals surface area contributed by atoms with Crippen LogP contribution in [0.2, 0.25) is 0 Å². The molecule has 3 rings (SSSR count). The lowest BCUT2D eigenvalue weighted by Crippen LogP contribution is -2.47. The maximum absolute atomic E-state index is 12.7. The molecule has 1 aromatic carbocycles. The van der Waals surface area contributed by atoms with Gasteiger partial charge >= 0.3 is 0 Å². The zero-order valence-corrected chi connectivity index (χ0v) is 13.9. The second-order valence-electron chi connectivity index (χ2n) is 6.82. The van der Waals surface area contributed by atoms with Crippen molar-refractivity contribution in [2.75, 3.05) is 13.1 Å². The van der Waals surface area contributed by atoms with Crippen molar-refractivity contribution in [3.8, 4) is 0 Å². The van der Waals surface area contributed by atoms with Crippen LogP contribution in [0.4, 0.5) is 0 Å². The molecule has 2 aliphatic heterocycles. The van der Waals surface area contributed by atoms with E-state index in [-0.39, 0.29) is 23.8 Å². The highest BCUT2D eigenvalue weighted by atomic mass is 16.2. The number of hydrogen-bond donors (Lipinski definition) is 2. The van der Waals surface area contributed by atoms with E-state index in [0.717, 1.165) is 31.5 Å². The second-order valence-corrected chi connectivity index (χ2v) is 6.82. The first kappa shape index (κ1) is 16.0. The molecule has 124 valence electrons. The number of hydrogen-bond acceptors (Lipinski definition) is 3. The van der Waals surface area contributed by atoms with Crippen molar-refractivity contribution in [1.29, 1.82) is 0 Å². The Kier molecular flexibility index (Phi) is 4.66. The molecule has 1 saturated heterocycles. The van der Waals surface area contributed by atoms with Gasteiger partial charge in [0.1, 0.15) is 0 Å². The lowest BCUT2D eigenvalue weighted by atomic mass is 10.0. The Hall–Kier alpha value is -1.88. The highest BCUT2D eigenvalue weighted by Gasteiger charge is 2.25. The summed E-state index contributed by atoms with van der Waals surface area (Å²) in [7, 11) is 0. The normalized spacial score (nSPS) is 18.1. The molecule has 0 radical (unpaired) electrons. The average Bonchev–Trinajstić information content (AvgIpc) is 3.02. The summed E-state index contributed by atoms with van der Waals surface area (Å²) in [6, 6.07) is 6.20. The molecule has 0 aromatic heterocycles. The minimum atomic E-state index is 0.00897. The predicted octanol–water partition coefficient (Wildman–Crippen LogP) is 1.67. The molecular weight excluding hydrogens is 290 g/mol. The molecule has 0 saturated carbocycles. The van der Waals surface area contributed by atoms with Gasteiger partial charge in [0.2, 0.25) is 5.91 Å². The standard InChI is InChI=1S/C18H25N3O2/c1-12(2)17(22)20-16-5-7-21(8-6-16)18(23)13-3-4-14-10-19-11-15(14)9-13/h3-4,9,12,16,19H,5-8,10-11H2,1-2H3,(H,20,22). The molecule has 1 fully saturated rings. The highest BCUT2D eigenvalue weighted by molar-refractivity contribution is 5.94. The Labute approximate surface area is 137 Å². The van der Waals surface area contributed by atoms with Gasteiger partial charge in [0, 0.05) is 43.7 Å². The van der Waals surface area contributed by atoms with Crippen LogP contribution < -0.4 is 10.6 Å². The minimum Gasteiger partial charge on any atom is -0.353 e. The smallest absolute Gasteiger partial charge is 0.253 e. The van der Waals surface area contributed by atoms with E-state index >= 15 is 0 Å². The first-order chi connectivity index (χ1) is 11.0. The van der Waals surface area contributed by atoms with Gasteiger partial charge in [0.25, 0.3) is 5.91 Å². The van der Waals surface area contributed by atoms with Crippen molar-refractivity contribution in [2.24, 2.45) is 5.92 Å². The molecule has 5 heteroatoms. The quantitative estimate of drug-likeness (QED) is 0.892. The van der Waals surface area contributed by atoms with Crippen LogP contribution in [0, 0.1) is 5.92 Å². The Morgan fingerprint density at radius 2 is 1.87 bits per heavy atom. The van der Waals surface area contributed by atoms with Crippen LogP contribution in [0.1, 0.15) is 48.2 Å². The molecule has 0 unspecified atom stereocenters. The largest absolute Gasteiger partial charge is 0.353 e. The van der Waals surface area contributed by atoms with Crippen LogP contribution in [0.25, 0.3) is 0 Å². The molecule has 0 aliphatic carbocycles.